The largest absolute Gasteiger partial charge is 0.416 e. The van der Waals surface area contributed by atoms with Gasteiger partial charge in [-0.25, -0.2) is 0 Å². The van der Waals surface area contributed by atoms with Crippen molar-refractivity contribution in [1.29, 1.82) is 0 Å². The molecule has 0 amide bonds. The van der Waals surface area contributed by atoms with Gasteiger partial charge in [0.25, 0.3) is 0 Å². The molecule has 0 N–H and O–H groups in total. The van der Waals surface area contributed by atoms with Crippen molar-refractivity contribution >= 4 is 0 Å². The zero-order valence-electron chi connectivity index (χ0n) is 8.49. The molecule has 1 atom stereocenters. The molecule has 0 radical (unpaired) electrons. The van der Waals surface area contributed by atoms with Crippen LogP contribution in [-0.4, -0.2) is 11.0 Å². The molecular formula is C10H10F3NO2. The van der Waals surface area contributed by atoms with Crippen molar-refractivity contribution in [2.45, 2.75) is 25.6 Å². The van der Waals surface area contributed by atoms with Crippen molar-refractivity contribution in [3.8, 4) is 0 Å². The van der Waals surface area contributed by atoms with Crippen LogP contribution in [0.4, 0.5) is 13.2 Å². The zero-order valence-corrected chi connectivity index (χ0v) is 8.49. The van der Waals surface area contributed by atoms with Crippen molar-refractivity contribution in [1.82, 2.24) is 0 Å². The van der Waals surface area contributed by atoms with E-state index in [2.05, 4.69) is 0 Å². The molecule has 1 rings (SSSR count). The first kappa shape index (κ1) is 12.5. The first-order chi connectivity index (χ1) is 7.30. The number of nitro groups is 1. The van der Waals surface area contributed by atoms with Crippen LogP contribution in [-0.2, 0) is 12.6 Å². The number of hydrogen-bond donors (Lipinski definition) is 0. The summed E-state index contributed by atoms with van der Waals surface area (Å²) in [4.78, 5) is 9.89. The molecule has 0 aliphatic carbocycles. The van der Waals surface area contributed by atoms with Gasteiger partial charge < -0.3 is 0 Å². The molecular weight excluding hydrogens is 223 g/mol. The fraction of sp³-hybridized carbons (Fsp3) is 0.400. The van der Waals surface area contributed by atoms with Gasteiger partial charge in [0.05, 0.1) is 5.56 Å². The summed E-state index contributed by atoms with van der Waals surface area (Å²) in [6.45, 7) is 1.41. The molecule has 16 heavy (non-hydrogen) atoms. The van der Waals surface area contributed by atoms with E-state index >= 15 is 0 Å². The summed E-state index contributed by atoms with van der Waals surface area (Å²) in [5, 5.41) is 10.4. The summed E-state index contributed by atoms with van der Waals surface area (Å²) < 4.78 is 36.6. The van der Waals surface area contributed by atoms with Crippen molar-refractivity contribution < 1.29 is 18.1 Å². The Bertz CT molecular complexity index is 373. The molecule has 0 aliphatic rings. The lowest BCUT2D eigenvalue weighted by Crippen LogP contribution is -2.17. The van der Waals surface area contributed by atoms with Crippen LogP contribution >= 0.6 is 0 Å². The van der Waals surface area contributed by atoms with Gasteiger partial charge in [-0.15, -0.1) is 0 Å². The lowest BCUT2D eigenvalue weighted by atomic mass is 10.1. The molecule has 1 aromatic rings. The van der Waals surface area contributed by atoms with Gasteiger partial charge in [0.1, 0.15) is 0 Å². The monoisotopic (exact) mass is 233 g/mol. The lowest BCUT2D eigenvalue weighted by Gasteiger charge is -2.08. The highest BCUT2D eigenvalue weighted by Crippen LogP contribution is 2.29. The first-order valence-corrected chi connectivity index (χ1v) is 4.60. The maximum Gasteiger partial charge on any atom is 0.416 e. The Morgan fingerprint density at radius 2 is 1.81 bits per heavy atom. The quantitative estimate of drug-likeness (QED) is 0.595. The molecule has 0 saturated heterocycles. The Labute approximate surface area is 90.0 Å². The molecule has 0 heterocycles. The second-order valence-corrected chi connectivity index (χ2v) is 3.53. The van der Waals surface area contributed by atoms with Crippen LogP contribution < -0.4 is 0 Å². The highest BCUT2D eigenvalue weighted by molar-refractivity contribution is 5.24. The highest BCUT2D eigenvalue weighted by atomic mass is 19.4. The van der Waals surface area contributed by atoms with E-state index in [0.717, 1.165) is 12.1 Å². The van der Waals surface area contributed by atoms with Gasteiger partial charge in [0, 0.05) is 18.3 Å². The van der Waals surface area contributed by atoms with Crippen molar-refractivity contribution in [2.75, 3.05) is 0 Å². The van der Waals surface area contributed by atoms with E-state index in [1.165, 1.54) is 19.1 Å². The topological polar surface area (TPSA) is 43.1 Å². The second kappa shape index (κ2) is 4.51. The van der Waals surface area contributed by atoms with Gasteiger partial charge in [-0.1, -0.05) is 12.1 Å². The average molecular weight is 233 g/mol. The fourth-order valence-electron chi connectivity index (χ4n) is 1.25. The third kappa shape index (κ3) is 3.22. The maximum atomic E-state index is 12.2. The van der Waals surface area contributed by atoms with Gasteiger partial charge in [-0.05, 0) is 17.7 Å². The highest BCUT2D eigenvalue weighted by Gasteiger charge is 2.30. The third-order valence-corrected chi connectivity index (χ3v) is 2.17. The van der Waals surface area contributed by atoms with Crippen LogP contribution in [0, 0.1) is 10.1 Å². The van der Waals surface area contributed by atoms with E-state index in [1.54, 1.807) is 0 Å². The molecule has 0 aromatic heterocycles. The van der Waals surface area contributed by atoms with Gasteiger partial charge in [-0.2, -0.15) is 13.2 Å². The van der Waals surface area contributed by atoms with Gasteiger partial charge in [0.2, 0.25) is 6.04 Å². The van der Waals surface area contributed by atoms with E-state index in [1.807, 2.05) is 0 Å². The summed E-state index contributed by atoms with van der Waals surface area (Å²) >= 11 is 0. The molecule has 0 saturated carbocycles. The Kier molecular flexibility index (Phi) is 3.51. The maximum absolute atomic E-state index is 12.2. The zero-order chi connectivity index (χ0) is 12.3. The summed E-state index contributed by atoms with van der Waals surface area (Å²) in [6.07, 6.45) is -4.24. The molecule has 1 unspecified atom stereocenters. The minimum Gasteiger partial charge on any atom is -0.264 e. The van der Waals surface area contributed by atoms with E-state index in [4.69, 9.17) is 0 Å². The molecule has 3 nitrogen and oxygen atoms in total. The molecule has 0 bridgehead atoms. The first-order valence-electron chi connectivity index (χ1n) is 4.60. The summed E-state index contributed by atoms with van der Waals surface area (Å²) in [5.41, 5.74) is -0.220. The Morgan fingerprint density at radius 3 is 2.19 bits per heavy atom. The number of benzene rings is 1. The minimum absolute atomic E-state index is 0.130. The molecule has 0 spiro atoms. The van der Waals surface area contributed by atoms with Crippen molar-refractivity contribution in [3.63, 3.8) is 0 Å². The summed E-state index contributed by atoms with van der Waals surface area (Å²) in [6, 6.07) is 3.60. The number of nitrogens with zero attached hydrogens (tertiary/aromatic N) is 1. The van der Waals surface area contributed by atoms with Crippen LogP contribution in [0.5, 0.6) is 0 Å². The molecule has 0 fully saturated rings. The Balaban J connectivity index is 2.76. The van der Waals surface area contributed by atoms with E-state index in [0.29, 0.717) is 5.56 Å². The minimum atomic E-state index is -4.37. The van der Waals surface area contributed by atoms with Crippen LogP contribution in [0.1, 0.15) is 18.1 Å². The van der Waals surface area contributed by atoms with E-state index in [-0.39, 0.29) is 6.42 Å². The lowest BCUT2D eigenvalue weighted by molar-refractivity contribution is -0.517. The predicted molar refractivity (Wildman–Crippen MR) is 51.6 cm³/mol. The number of hydrogen-bond acceptors (Lipinski definition) is 2. The van der Waals surface area contributed by atoms with Crippen LogP contribution in [0.3, 0.4) is 0 Å². The SMILES string of the molecule is CC(Cc1ccc(C(F)(F)F)cc1)[N+](=O)[O-]. The van der Waals surface area contributed by atoms with Crippen molar-refractivity contribution in [2.24, 2.45) is 0 Å². The average Bonchev–Trinajstić information content (AvgIpc) is 2.17. The number of rotatable bonds is 3. The molecule has 1 aromatic carbocycles. The van der Waals surface area contributed by atoms with E-state index < -0.39 is 22.7 Å². The standard InChI is InChI=1S/C10H10F3NO2/c1-7(14(15)16)6-8-2-4-9(5-3-8)10(11,12)13/h2-5,7H,6H2,1H3. The Morgan fingerprint density at radius 1 is 1.31 bits per heavy atom. The van der Waals surface area contributed by atoms with Gasteiger partial charge in [-0.3, -0.25) is 10.1 Å². The van der Waals surface area contributed by atoms with E-state index in [9.17, 15) is 23.3 Å². The van der Waals surface area contributed by atoms with Gasteiger partial charge in [0.15, 0.2) is 0 Å². The van der Waals surface area contributed by atoms with Crippen LogP contribution in [0.2, 0.25) is 0 Å². The molecule has 0 aliphatic heterocycles. The van der Waals surface area contributed by atoms with Crippen molar-refractivity contribution in [3.05, 3.63) is 45.5 Å². The van der Waals surface area contributed by atoms with Gasteiger partial charge >= 0.3 is 6.18 Å². The second-order valence-electron chi connectivity index (χ2n) is 3.53. The van der Waals surface area contributed by atoms with Crippen LogP contribution in [0.15, 0.2) is 24.3 Å². The molecule has 6 heteroatoms. The third-order valence-electron chi connectivity index (χ3n) is 2.17. The summed E-state index contributed by atoms with van der Waals surface area (Å²) in [5.74, 6) is 0. The summed E-state index contributed by atoms with van der Waals surface area (Å²) in [7, 11) is 0. The number of halogens is 3. The molecule has 88 valence electrons. The fourth-order valence-corrected chi connectivity index (χ4v) is 1.25. The van der Waals surface area contributed by atoms with Crippen LogP contribution in [0.25, 0.3) is 0 Å². The predicted octanol–water partition coefficient (Wildman–Crippen LogP) is 2.91. The Hall–Kier alpha value is -1.59. The normalized spacial score (nSPS) is 13.5. The number of alkyl halides is 3. The smallest absolute Gasteiger partial charge is 0.264 e.